The lowest BCUT2D eigenvalue weighted by molar-refractivity contribution is -0.168. The molecule has 2 heterocycles. The first-order valence-electron chi connectivity index (χ1n) is 6.28. The van der Waals surface area contributed by atoms with Crippen LogP contribution in [-0.4, -0.2) is 65.8 Å². The number of carbonyl (C=O) groups is 2. The summed E-state index contributed by atoms with van der Waals surface area (Å²) in [5.74, 6) is -0.647. The highest BCUT2D eigenvalue weighted by atomic mass is 16.5. The fourth-order valence-electron chi connectivity index (χ4n) is 3.01. The Morgan fingerprint density at radius 3 is 2.83 bits per heavy atom. The van der Waals surface area contributed by atoms with E-state index >= 15 is 0 Å². The lowest BCUT2D eigenvalue weighted by atomic mass is 9.85. The molecule has 0 aromatic heterocycles. The van der Waals surface area contributed by atoms with Crippen molar-refractivity contribution in [2.24, 2.45) is 0 Å². The molecule has 0 aliphatic carbocycles. The number of nitrogens with zero attached hydrogens (tertiary/aromatic N) is 2. The Balaban J connectivity index is 2.18. The van der Waals surface area contributed by atoms with Crippen molar-refractivity contribution in [1.29, 1.82) is 0 Å². The number of aliphatic hydroxyl groups excluding tert-OH is 1. The van der Waals surface area contributed by atoms with Crippen LogP contribution in [0, 0.1) is 0 Å². The zero-order valence-corrected chi connectivity index (χ0v) is 10.9. The molecule has 18 heavy (non-hydrogen) atoms. The SMILES string of the molecule is COC(=O)CN1C(=O)[C@@]2(CCCN2C)CCC1O. The lowest BCUT2D eigenvalue weighted by Gasteiger charge is -2.45. The molecule has 102 valence electrons. The Bertz CT molecular complexity index is 360. The molecular weight excluding hydrogens is 236 g/mol. The maximum atomic E-state index is 12.5. The van der Waals surface area contributed by atoms with Gasteiger partial charge in [-0.05, 0) is 39.3 Å². The van der Waals surface area contributed by atoms with Gasteiger partial charge < -0.3 is 14.7 Å². The number of ether oxygens (including phenoxy) is 1. The smallest absolute Gasteiger partial charge is 0.325 e. The first-order chi connectivity index (χ1) is 8.51. The lowest BCUT2D eigenvalue weighted by Crippen LogP contribution is -2.62. The monoisotopic (exact) mass is 256 g/mol. The van der Waals surface area contributed by atoms with E-state index in [9.17, 15) is 14.7 Å². The van der Waals surface area contributed by atoms with Gasteiger partial charge in [0.05, 0.1) is 7.11 Å². The molecule has 2 saturated heterocycles. The molecule has 2 rings (SSSR count). The van der Waals surface area contributed by atoms with Gasteiger partial charge in [-0.1, -0.05) is 0 Å². The molecule has 1 N–H and O–H groups in total. The fraction of sp³-hybridized carbons (Fsp3) is 0.833. The van der Waals surface area contributed by atoms with Crippen LogP contribution in [-0.2, 0) is 14.3 Å². The summed E-state index contributed by atoms with van der Waals surface area (Å²) in [6.45, 7) is 0.708. The van der Waals surface area contributed by atoms with Crippen LogP contribution in [0.15, 0.2) is 0 Å². The quantitative estimate of drug-likeness (QED) is 0.679. The number of amides is 1. The summed E-state index contributed by atoms with van der Waals surface area (Å²) in [6, 6.07) is 0. The van der Waals surface area contributed by atoms with Crippen LogP contribution in [0.2, 0.25) is 0 Å². The summed E-state index contributed by atoms with van der Waals surface area (Å²) in [7, 11) is 3.21. The van der Waals surface area contributed by atoms with Gasteiger partial charge in [-0.2, -0.15) is 0 Å². The molecule has 2 aliphatic rings. The number of likely N-dealkylation sites (N-methyl/N-ethyl adjacent to an activating group) is 1. The van der Waals surface area contributed by atoms with E-state index < -0.39 is 17.7 Å². The number of esters is 1. The van der Waals surface area contributed by atoms with Gasteiger partial charge in [-0.15, -0.1) is 0 Å². The molecule has 2 atom stereocenters. The highest BCUT2D eigenvalue weighted by Gasteiger charge is 2.51. The maximum Gasteiger partial charge on any atom is 0.325 e. The molecule has 0 bridgehead atoms. The molecule has 2 aliphatic heterocycles. The molecule has 0 aromatic carbocycles. The van der Waals surface area contributed by atoms with Gasteiger partial charge in [0.1, 0.15) is 18.3 Å². The molecule has 1 spiro atoms. The first kappa shape index (κ1) is 13.3. The second kappa shape index (κ2) is 4.85. The summed E-state index contributed by atoms with van der Waals surface area (Å²) in [4.78, 5) is 27.1. The van der Waals surface area contributed by atoms with Crippen LogP contribution in [0.4, 0.5) is 0 Å². The van der Waals surface area contributed by atoms with Crippen LogP contribution in [0.1, 0.15) is 25.7 Å². The highest BCUT2D eigenvalue weighted by molar-refractivity contribution is 5.90. The second-order valence-corrected chi connectivity index (χ2v) is 5.09. The highest BCUT2D eigenvalue weighted by Crippen LogP contribution is 2.38. The molecule has 6 nitrogen and oxygen atoms in total. The third-order valence-corrected chi connectivity index (χ3v) is 4.18. The van der Waals surface area contributed by atoms with E-state index in [0.29, 0.717) is 12.8 Å². The van der Waals surface area contributed by atoms with Gasteiger partial charge in [0.25, 0.3) is 0 Å². The average molecular weight is 256 g/mol. The topological polar surface area (TPSA) is 70.1 Å². The zero-order valence-electron chi connectivity index (χ0n) is 10.9. The number of hydrogen-bond acceptors (Lipinski definition) is 5. The van der Waals surface area contributed by atoms with Crippen molar-refractivity contribution in [3.05, 3.63) is 0 Å². The molecule has 1 unspecified atom stereocenters. The standard InChI is InChI=1S/C12H20N2O4/c1-13-7-3-5-12(13)6-4-9(15)14(11(12)17)8-10(16)18-2/h9,15H,3-8H2,1-2H3/t9?,12-/m1/s1. The minimum absolute atomic E-state index is 0.147. The maximum absolute atomic E-state index is 12.5. The average Bonchev–Trinajstić information content (AvgIpc) is 2.72. The van der Waals surface area contributed by atoms with Gasteiger partial charge in [-0.3, -0.25) is 14.5 Å². The minimum Gasteiger partial charge on any atom is -0.468 e. The van der Waals surface area contributed by atoms with E-state index in [2.05, 4.69) is 4.74 Å². The second-order valence-electron chi connectivity index (χ2n) is 5.09. The van der Waals surface area contributed by atoms with Gasteiger partial charge >= 0.3 is 5.97 Å². The Morgan fingerprint density at radius 1 is 1.56 bits per heavy atom. The van der Waals surface area contributed by atoms with E-state index in [-0.39, 0.29) is 12.5 Å². The van der Waals surface area contributed by atoms with Crippen molar-refractivity contribution in [2.45, 2.75) is 37.5 Å². The Labute approximate surface area is 106 Å². The number of rotatable bonds is 2. The van der Waals surface area contributed by atoms with Gasteiger partial charge in [0, 0.05) is 0 Å². The molecular formula is C12H20N2O4. The van der Waals surface area contributed by atoms with E-state index in [0.717, 1.165) is 19.4 Å². The summed E-state index contributed by atoms with van der Waals surface area (Å²) >= 11 is 0. The number of carbonyl (C=O) groups excluding carboxylic acids is 2. The number of aliphatic hydroxyl groups is 1. The number of methoxy groups -OCH3 is 1. The minimum atomic E-state index is -0.878. The Hall–Kier alpha value is -1.14. The number of piperidine rings is 1. The van der Waals surface area contributed by atoms with Crippen molar-refractivity contribution in [3.8, 4) is 0 Å². The molecule has 6 heteroatoms. The van der Waals surface area contributed by atoms with Crippen LogP contribution in [0.25, 0.3) is 0 Å². The predicted molar refractivity (Wildman–Crippen MR) is 63.6 cm³/mol. The van der Waals surface area contributed by atoms with Crippen molar-refractivity contribution >= 4 is 11.9 Å². The molecule has 2 fully saturated rings. The van der Waals surface area contributed by atoms with Gasteiger partial charge in [0.2, 0.25) is 5.91 Å². The van der Waals surface area contributed by atoms with E-state index in [1.807, 2.05) is 11.9 Å². The van der Waals surface area contributed by atoms with Gasteiger partial charge in [0.15, 0.2) is 0 Å². The van der Waals surface area contributed by atoms with Crippen LogP contribution in [0.5, 0.6) is 0 Å². The summed E-state index contributed by atoms with van der Waals surface area (Å²) in [6.07, 6.45) is 2.06. The van der Waals surface area contributed by atoms with Crippen LogP contribution in [0.3, 0.4) is 0 Å². The molecule has 0 aromatic rings. The Morgan fingerprint density at radius 2 is 2.28 bits per heavy atom. The molecule has 0 saturated carbocycles. The van der Waals surface area contributed by atoms with Crippen molar-refractivity contribution in [1.82, 2.24) is 9.80 Å². The van der Waals surface area contributed by atoms with E-state index in [4.69, 9.17) is 0 Å². The molecule has 1 amide bonds. The largest absolute Gasteiger partial charge is 0.468 e. The van der Waals surface area contributed by atoms with Crippen LogP contribution < -0.4 is 0 Å². The summed E-state index contributed by atoms with van der Waals surface area (Å²) in [5.41, 5.74) is -0.521. The van der Waals surface area contributed by atoms with Crippen molar-refractivity contribution < 1.29 is 19.4 Å². The summed E-state index contributed by atoms with van der Waals surface area (Å²) < 4.78 is 4.57. The van der Waals surface area contributed by atoms with Crippen molar-refractivity contribution in [3.63, 3.8) is 0 Å². The summed E-state index contributed by atoms with van der Waals surface area (Å²) in [5, 5.41) is 9.89. The normalized spacial score (nSPS) is 33.2. The van der Waals surface area contributed by atoms with Crippen LogP contribution >= 0.6 is 0 Å². The third-order valence-electron chi connectivity index (χ3n) is 4.18. The molecule has 0 radical (unpaired) electrons. The Kier molecular flexibility index (Phi) is 3.59. The van der Waals surface area contributed by atoms with Gasteiger partial charge in [-0.25, -0.2) is 0 Å². The zero-order chi connectivity index (χ0) is 13.3. The van der Waals surface area contributed by atoms with Crippen molar-refractivity contribution in [2.75, 3.05) is 27.2 Å². The number of likely N-dealkylation sites (tertiary alicyclic amines) is 2. The number of hydrogen-bond donors (Lipinski definition) is 1. The fourth-order valence-corrected chi connectivity index (χ4v) is 3.01. The predicted octanol–water partition coefficient (Wildman–Crippen LogP) is -0.435. The first-order valence-corrected chi connectivity index (χ1v) is 6.28. The van der Waals surface area contributed by atoms with E-state index in [1.165, 1.54) is 12.0 Å². The van der Waals surface area contributed by atoms with E-state index in [1.54, 1.807) is 0 Å². The third kappa shape index (κ3) is 1.99.